The minimum absolute atomic E-state index is 0.0633. The van der Waals surface area contributed by atoms with E-state index in [4.69, 9.17) is 14.6 Å². The van der Waals surface area contributed by atoms with Crippen LogP contribution in [0.4, 0.5) is 4.79 Å². The molecule has 0 bridgehead atoms. The van der Waals surface area contributed by atoms with Crippen molar-refractivity contribution in [3.05, 3.63) is 24.3 Å². The predicted molar refractivity (Wildman–Crippen MR) is 71.9 cm³/mol. The number of rotatable bonds is 7. The summed E-state index contributed by atoms with van der Waals surface area (Å²) in [5.74, 6) is 0.202. The van der Waals surface area contributed by atoms with Gasteiger partial charge in [0.25, 0.3) is 0 Å². The molecule has 0 aliphatic rings. The Hall–Kier alpha value is -2.44. The average Bonchev–Trinajstić information content (AvgIpc) is 2.41. The maximum absolute atomic E-state index is 11.3. The average molecular weight is 282 g/mol. The van der Waals surface area contributed by atoms with Crippen LogP contribution in [0.5, 0.6) is 11.5 Å². The largest absolute Gasteiger partial charge is 0.494 e. The zero-order valence-corrected chi connectivity index (χ0v) is 11.4. The van der Waals surface area contributed by atoms with E-state index in [1.807, 2.05) is 6.92 Å². The van der Waals surface area contributed by atoms with Gasteiger partial charge in [-0.05, 0) is 38.1 Å². The second-order valence-electron chi connectivity index (χ2n) is 3.90. The summed E-state index contributed by atoms with van der Waals surface area (Å²) in [5, 5.41) is 13.3. The molecule has 7 nitrogen and oxygen atoms in total. The highest BCUT2D eigenvalue weighted by Gasteiger charge is 2.13. The van der Waals surface area contributed by atoms with Crippen molar-refractivity contribution in [3.8, 4) is 11.5 Å². The van der Waals surface area contributed by atoms with Crippen molar-refractivity contribution < 1.29 is 24.2 Å². The molecule has 0 spiro atoms. The fraction of sp³-hybridized carbons (Fsp3) is 0.385. The van der Waals surface area contributed by atoms with Crippen LogP contribution in [0.15, 0.2) is 24.3 Å². The first-order chi connectivity index (χ1) is 9.52. The Balaban J connectivity index is 2.29. The lowest BCUT2D eigenvalue weighted by atomic mass is 10.3. The Bertz CT molecular complexity index is 447. The van der Waals surface area contributed by atoms with E-state index < -0.39 is 18.0 Å². The van der Waals surface area contributed by atoms with Gasteiger partial charge in [0.2, 0.25) is 0 Å². The fourth-order valence-electron chi connectivity index (χ4n) is 1.29. The Morgan fingerprint density at radius 2 is 1.75 bits per heavy atom. The van der Waals surface area contributed by atoms with Crippen molar-refractivity contribution in [3.63, 3.8) is 0 Å². The van der Waals surface area contributed by atoms with Crippen LogP contribution >= 0.6 is 0 Å². The summed E-state index contributed by atoms with van der Waals surface area (Å²) in [7, 11) is 0. The number of benzene rings is 1. The molecule has 0 saturated carbocycles. The van der Waals surface area contributed by atoms with Crippen LogP contribution < -0.4 is 20.1 Å². The van der Waals surface area contributed by atoms with Crippen LogP contribution in [-0.2, 0) is 4.79 Å². The molecule has 0 fully saturated rings. The summed E-state index contributed by atoms with van der Waals surface area (Å²) in [6.07, 6.45) is 0. The summed E-state index contributed by atoms with van der Waals surface area (Å²) >= 11 is 0. The molecule has 2 amide bonds. The van der Waals surface area contributed by atoms with Gasteiger partial charge in [-0.25, -0.2) is 4.79 Å². The van der Waals surface area contributed by atoms with Crippen molar-refractivity contribution >= 4 is 12.0 Å². The maximum atomic E-state index is 11.3. The smallest absolute Gasteiger partial charge is 0.325 e. The first-order valence-electron chi connectivity index (χ1n) is 6.15. The highest BCUT2D eigenvalue weighted by molar-refractivity contribution is 5.81. The van der Waals surface area contributed by atoms with Crippen molar-refractivity contribution in [2.45, 2.75) is 19.9 Å². The van der Waals surface area contributed by atoms with E-state index in [1.165, 1.54) is 6.92 Å². The van der Waals surface area contributed by atoms with Gasteiger partial charge < -0.3 is 25.2 Å². The fourth-order valence-corrected chi connectivity index (χ4v) is 1.29. The van der Waals surface area contributed by atoms with Crippen molar-refractivity contribution in [2.24, 2.45) is 0 Å². The zero-order valence-electron chi connectivity index (χ0n) is 11.4. The summed E-state index contributed by atoms with van der Waals surface area (Å²) in [4.78, 5) is 21.8. The Labute approximate surface area is 116 Å². The molecule has 1 unspecified atom stereocenters. The van der Waals surface area contributed by atoms with E-state index in [9.17, 15) is 9.59 Å². The Morgan fingerprint density at radius 1 is 1.20 bits per heavy atom. The molecule has 0 aliphatic heterocycles. The molecule has 0 aliphatic carbocycles. The first-order valence-corrected chi connectivity index (χ1v) is 6.15. The van der Waals surface area contributed by atoms with Crippen LogP contribution in [0.1, 0.15) is 13.8 Å². The minimum Gasteiger partial charge on any atom is -0.494 e. The molecule has 1 atom stereocenters. The van der Waals surface area contributed by atoms with E-state index in [2.05, 4.69) is 10.6 Å². The minimum atomic E-state index is -1.10. The molecule has 1 aromatic carbocycles. The molecule has 1 aromatic rings. The number of hydrogen-bond acceptors (Lipinski definition) is 4. The second kappa shape index (κ2) is 7.88. The topological polar surface area (TPSA) is 96.9 Å². The molecular weight excluding hydrogens is 264 g/mol. The van der Waals surface area contributed by atoms with Gasteiger partial charge in [0.15, 0.2) is 6.73 Å². The van der Waals surface area contributed by atoms with E-state index in [1.54, 1.807) is 24.3 Å². The van der Waals surface area contributed by atoms with E-state index in [-0.39, 0.29) is 6.73 Å². The SMILES string of the molecule is CCOc1ccc(OCNC(=O)NC(C)C(=O)O)cc1. The van der Waals surface area contributed by atoms with Gasteiger partial charge in [0, 0.05) is 0 Å². The number of ether oxygens (including phenoxy) is 2. The van der Waals surface area contributed by atoms with Crippen LogP contribution in [0.3, 0.4) is 0 Å². The maximum Gasteiger partial charge on any atom is 0.325 e. The normalized spacial score (nSPS) is 11.3. The third-order valence-electron chi connectivity index (χ3n) is 2.32. The lowest BCUT2D eigenvalue weighted by Crippen LogP contribution is -2.45. The molecule has 0 saturated heterocycles. The summed E-state index contributed by atoms with van der Waals surface area (Å²) in [6.45, 7) is 3.79. The van der Waals surface area contributed by atoms with Gasteiger partial charge in [-0.1, -0.05) is 0 Å². The first kappa shape index (κ1) is 15.6. The molecule has 0 heterocycles. The molecular formula is C13H18N2O5. The van der Waals surface area contributed by atoms with E-state index in [0.29, 0.717) is 12.4 Å². The number of carbonyl (C=O) groups is 2. The molecule has 0 radical (unpaired) electrons. The number of urea groups is 1. The van der Waals surface area contributed by atoms with Gasteiger partial charge in [0.05, 0.1) is 6.61 Å². The van der Waals surface area contributed by atoms with Crippen molar-refractivity contribution in [1.29, 1.82) is 0 Å². The standard InChI is InChI=1S/C13H18N2O5/c1-3-19-10-4-6-11(7-5-10)20-8-14-13(18)15-9(2)12(16)17/h4-7,9H,3,8H2,1-2H3,(H,16,17)(H2,14,15,18). The predicted octanol–water partition coefficient (Wildman–Crippen LogP) is 1.19. The second-order valence-corrected chi connectivity index (χ2v) is 3.90. The van der Waals surface area contributed by atoms with E-state index in [0.717, 1.165) is 5.75 Å². The number of nitrogens with one attached hydrogen (secondary N) is 2. The van der Waals surface area contributed by atoms with Gasteiger partial charge >= 0.3 is 12.0 Å². The highest BCUT2D eigenvalue weighted by Crippen LogP contribution is 2.17. The summed E-state index contributed by atoms with van der Waals surface area (Å²) in [5.41, 5.74) is 0. The summed E-state index contributed by atoms with van der Waals surface area (Å²) < 4.78 is 10.6. The zero-order chi connectivity index (χ0) is 15.0. The van der Waals surface area contributed by atoms with Crippen molar-refractivity contribution in [1.82, 2.24) is 10.6 Å². The number of carboxylic acid groups (broad SMARTS) is 1. The number of amides is 2. The van der Waals surface area contributed by atoms with Gasteiger partial charge in [-0.15, -0.1) is 0 Å². The van der Waals surface area contributed by atoms with Gasteiger partial charge in [0.1, 0.15) is 17.5 Å². The Morgan fingerprint density at radius 3 is 2.25 bits per heavy atom. The summed E-state index contributed by atoms with van der Waals surface area (Å²) in [6, 6.07) is 5.37. The molecule has 7 heteroatoms. The van der Waals surface area contributed by atoms with E-state index >= 15 is 0 Å². The molecule has 110 valence electrons. The Kier molecular flexibility index (Phi) is 6.15. The number of carbonyl (C=O) groups excluding carboxylic acids is 1. The van der Waals surface area contributed by atoms with Crippen molar-refractivity contribution in [2.75, 3.05) is 13.3 Å². The monoisotopic (exact) mass is 282 g/mol. The number of carboxylic acids is 1. The third-order valence-corrected chi connectivity index (χ3v) is 2.32. The number of aliphatic carboxylic acids is 1. The molecule has 0 aromatic heterocycles. The number of hydrogen-bond donors (Lipinski definition) is 3. The molecule has 20 heavy (non-hydrogen) atoms. The van der Waals surface area contributed by atoms with Gasteiger partial charge in [-0.2, -0.15) is 0 Å². The lowest BCUT2D eigenvalue weighted by molar-refractivity contribution is -0.138. The van der Waals surface area contributed by atoms with Crippen LogP contribution in [-0.4, -0.2) is 36.5 Å². The highest BCUT2D eigenvalue weighted by atomic mass is 16.5. The van der Waals surface area contributed by atoms with Crippen LogP contribution in [0.2, 0.25) is 0 Å². The van der Waals surface area contributed by atoms with Crippen LogP contribution in [0.25, 0.3) is 0 Å². The molecule has 3 N–H and O–H groups in total. The lowest BCUT2D eigenvalue weighted by Gasteiger charge is -2.12. The quantitative estimate of drug-likeness (QED) is 0.653. The van der Waals surface area contributed by atoms with Gasteiger partial charge in [-0.3, -0.25) is 4.79 Å². The van der Waals surface area contributed by atoms with Crippen LogP contribution in [0, 0.1) is 0 Å². The third kappa shape index (κ3) is 5.47. The molecule has 1 rings (SSSR count).